The van der Waals surface area contributed by atoms with Gasteiger partial charge in [-0.1, -0.05) is 84.9 Å². The highest BCUT2D eigenvalue weighted by Crippen LogP contribution is 2.36. The van der Waals surface area contributed by atoms with E-state index in [0.29, 0.717) is 26.2 Å². The topological polar surface area (TPSA) is 88.7 Å². The Hall–Kier alpha value is -6.54. The molecule has 0 spiro atoms. The lowest BCUT2D eigenvalue weighted by Crippen LogP contribution is -2.34. The van der Waals surface area contributed by atoms with Crippen molar-refractivity contribution in [2.45, 2.75) is 26.2 Å². The first kappa shape index (κ1) is 32.0. The molecule has 8 nitrogen and oxygen atoms in total. The molecule has 0 atom stereocenters. The molecule has 50 heavy (non-hydrogen) atoms. The number of hydrogen-bond donors (Lipinski definition) is 4. The van der Waals surface area contributed by atoms with Crippen molar-refractivity contribution >= 4 is 46.2 Å². The van der Waals surface area contributed by atoms with Crippen LogP contribution in [0.15, 0.2) is 158 Å². The van der Waals surface area contributed by atoms with Gasteiger partial charge >= 0.3 is 12.1 Å². The second-order valence-electron chi connectivity index (χ2n) is 12.1. The molecule has 0 unspecified atom stereocenters. The van der Waals surface area contributed by atoms with Crippen molar-refractivity contribution in [3.05, 3.63) is 180 Å². The highest BCUT2D eigenvalue weighted by atomic mass is 16.2. The number of hydrogen-bond acceptors (Lipinski definition) is 4. The summed E-state index contributed by atoms with van der Waals surface area (Å²) in [6, 6.07) is 52.6. The molecule has 0 fully saturated rings. The van der Waals surface area contributed by atoms with E-state index in [-0.39, 0.29) is 12.1 Å². The standard InChI is InChI=1S/C42H38N6O2/c49-41-43-27-31-11-19-37(20-12-31)47(35-7-3-1-4-8-35)38-21-13-32(14-22-38)28-44-42(50)46-30-34-17-25-40(26-18-34)48(36-9-5-2-6-10-36)39-23-15-33(16-24-39)29-45-41/h1-26H,27-30H2,(H2,43,45,49)(H2,44,46,50). The maximum Gasteiger partial charge on any atom is 0.315 e. The zero-order valence-corrected chi connectivity index (χ0v) is 27.6. The van der Waals surface area contributed by atoms with E-state index in [9.17, 15) is 9.59 Å². The highest BCUT2D eigenvalue weighted by molar-refractivity contribution is 5.79. The molecule has 8 bridgehead atoms. The van der Waals surface area contributed by atoms with Crippen LogP contribution in [-0.4, -0.2) is 12.1 Å². The second kappa shape index (κ2) is 15.1. The van der Waals surface area contributed by atoms with Gasteiger partial charge in [0, 0.05) is 60.3 Å². The van der Waals surface area contributed by atoms with Crippen LogP contribution >= 0.6 is 0 Å². The van der Waals surface area contributed by atoms with Crippen LogP contribution in [-0.2, 0) is 26.2 Å². The van der Waals surface area contributed by atoms with E-state index in [0.717, 1.165) is 56.4 Å². The van der Waals surface area contributed by atoms with Crippen molar-refractivity contribution in [3.63, 3.8) is 0 Å². The van der Waals surface area contributed by atoms with E-state index < -0.39 is 0 Å². The van der Waals surface area contributed by atoms with E-state index >= 15 is 0 Å². The second-order valence-corrected chi connectivity index (χ2v) is 12.1. The van der Waals surface area contributed by atoms with Gasteiger partial charge in [0.2, 0.25) is 0 Å². The molecule has 4 N–H and O–H groups in total. The zero-order valence-electron chi connectivity index (χ0n) is 27.6. The minimum atomic E-state index is -0.228. The number of carbonyl (C=O) groups is 2. The van der Waals surface area contributed by atoms with Gasteiger partial charge in [0.1, 0.15) is 0 Å². The predicted molar refractivity (Wildman–Crippen MR) is 200 cm³/mol. The van der Waals surface area contributed by atoms with Gasteiger partial charge in [0.05, 0.1) is 0 Å². The quantitative estimate of drug-likeness (QED) is 0.150. The monoisotopic (exact) mass is 658 g/mol. The summed E-state index contributed by atoms with van der Waals surface area (Å²) in [6.45, 7) is 1.60. The Balaban J connectivity index is 1.15. The first-order valence-corrected chi connectivity index (χ1v) is 16.7. The SMILES string of the molecule is O=C1NCc2ccc(cc2)N(c2ccccc2)c2ccc(cc2)CNC(=O)NCc2ccc(cc2)N(c2ccccc2)c2ccc(cc2)CN1. The summed E-state index contributed by atoms with van der Waals surface area (Å²) in [4.78, 5) is 29.9. The fourth-order valence-corrected chi connectivity index (χ4v) is 5.95. The van der Waals surface area contributed by atoms with Gasteiger partial charge in [0.15, 0.2) is 0 Å². The maximum absolute atomic E-state index is 12.8. The summed E-state index contributed by atoms with van der Waals surface area (Å²) in [7, 11) is 0. The molecule has 248 valence electrons. The third kappa shape index (κ3) is 7.77. The largest absolute Gasteiger partial charge is 0.334 e. The van der Waals surface area contributed by atoms with Gasteiger partial charge in [-0.05, 0) is 95.1 Å². The lowest BCUT2D eigenvalue weighted by Gasteiger charge is -2.26. The van der Waals surface area contributed by atoms with E-state index in [1.54, 1.807) is 0 Å². The first-order chi connectivity index (χ1) is 24.6. The van der Waals surface area contributed by atoms with Crippen molar-refractivity contribution < 1.29 is 9.59 Å². The van der Waals surface area contributed by atoms with Crippen molar-refractivity contribution in [3.8, 4) is 0 Å². The summed E-state index contributed by atoms with van der Waals surface area (Å²) >= 11 is 0. The zero-order chi connectivity index (χ0) is 34.1. The molecule has 0 radical (unpaired) electrons. The lowest BCUT2D eigenvalue weighted by atomic mass is 10.1. The van der Waals surface area contributed by atoms with Crippen LogP contribution in [0.4, 0.5) is 43.7 Å². The third-order valence-electron chi connectivity index (χ3n) is 8.62. The molecule has 7 heterocycles. The Morgan fingerprint density at radius 3 is 0.760 bits per heavy atom. The fourth-order valence-electron chi connectivity index (χ4n) is 5.95. The average Bonchev–Trinajstić information content (AvgIpc) is 3.17. The van der Waals surface area contributed by atoms with E-state index in [2.05, 4.69) is 104 Å². The van der Waals surface area contributed by atoms with Gasteiger partial charge in [-0.25, -0.2) is 9.59 Å². The minimum Gasteiger partial charge on any atom is -0.334 e. The maximum atomic E-state index is 12.8. The number of nitrogens with one attached hydrogen (secondary N) is 4. The van der Waals surface area contributed by atoms with Gasteiger partial charge < -0.3 is 31.1 Å². The van der Waals surface area contributed by atoms with Crippen LogP contribution in [0.1, 0.15) is 22.3 Å². The molecule has 0 saturated heterocycles. The highest BCUT2D eigenvalue weighted by Gasteiger charge is 2.15. The summed E-state index contributed by atoms with van der Waals surface area (Å²) in [5.41, 5.74) is 9.97. The van der Waals surface area contributed by atoms with Gasteiger partial charge in [-0.15, -0.1) is 0 Å². The molecule has 0 aliphatic carbocycles. The molecule has 13 rings (SSSR count). The van der Waals surface area contributed by atoms with Gasteiger partial charge in [0.25, 0.3) is 0 Å². The Bertz CT molecular complexity index is 1760. The molecule has 0 saturated carbocycles. The molecule has 6 aromatic carbocycles. The van der Waals surface area contributed by atoms with Crippen molar-refractivity contribution in [1.29, 1.82) is 0 Å². The van der Waals surface area contributed by atoms with Crippen LogP contribution in [0.3, 0.4) is 0 Å². The van der Waals surface area contributed by atoms with Crippen LogP contribution < -0.4 is 31.1 Å². The van der Waals surface area contributed by atoms with Crippen molar-refractivity contribution in [2.75, 3.05) is 9.80 Å². The number of benzene rings is 6. The number of nitrogens with zero attached hydrogens (tertiary/aromatic N) is 2. The minimum absolute atomic E-state index is 0.228. The van der Waals surface area contributed by atoms with Crippen LogP contribution in [0, 0.1) is 0 Å². The Morgan fingerprint density at radius 1 is 0.300 bits per heavy atom. The molecular formula is C42H38N6O2. The van der Waals surface area contributed by atoms with Crippen molar-refractivity contribution in [2.24, 2.45) is 0 Å². The molecular weight excluding hydrogens is 621 g/mol. The molecule has 7 aliphatic heterocycles. The molecule has 0 aromatic heterocycles. The number of rotatable bonds is 2. The predicted octanol–water partition coefficient (Wildman–Crippen LogP) is 8.94. The molecule has 4 amide bonds. The molecule has 6 aromatic rings. The fraction of sp³-hybridized carbons (Fsp3) is 0.0952. The summed E-state index contributed by atoms with van der Waals surface area (Å²) < 4.78 is 0. The van der Waals surface area contributed by atoms with E-state index in [4.69, 9.17) is 0 Å². The number of para-hydroxylation sites is 2. The van der Waals surface area contributed by atoms with Gasteiger partial charge in [-0.3, -0.25) is 0 Å². The third-order valence-corrected chi connectivity index (χ3v) is 8.62. The van der Waals surface area contributed by atoms with Crippen LogP contribution in [0.25, 0.3) is 0 Å². The molecule has 8 heteroatoms. The van der Waals surface area contributed by atoms with Crippen LogP contribution in [0.5, 0.6) is 0 Å². The summed E-state index contributed by atoms with van der Waals surface area (Å²) in [5, 5.41) is 11.9. The molecule has 7 aliphatic rings. The van der Waals surface area contributed by atoms with Crippen LogP contribution in [0.2, 0.25) is 0 Å². The Kier molecular flexibility index (Phi) is 9.69. The first-order valence-electron chi connectivity index (χ1n) is 16.7. The van der Waals surface area contributed by atoms with Gasteiger partial charge in [-0.2, -0.15) is 0 Å². The number of carbonyl (C=O) groups excluding carboxylic acids is 2. The Labute approximate surface area is 292 Å². The number of amides is 4. The van der Waals surface area contributed by atoms with E-state index in [1.807, 2.05) is 84.9 Å². The summed E-state index contributed by atoms with van der Waals surface area (Å²) in [6.07, 6.45) is 0. The van der Waals surface area contributed by atoms with E-state index in [1.165, 1.54) is 0 Å². The number of anilines is 6. The normalized spacial score (nSPS) is 13.9. The smallest absolute Gasteiger partial charge is 0.315 e. The lowest BCUT2D eigenvalue weighted by molar-refractivity contribution is 0.239. The van der Waals surface area contributed by atoms with Crippen molar-refractivity contribution in [1.82, 2.24) is 21.3 Å². The summed E-state index contributed by atoms with van der Waals surface area (Å²) in [5.74, 6) is 0. The number of urea groups is 2. The Morgan fingerprint density at radius 2 is 0.520 bits per heavy atom. The average molecular weight is 659 g/mol.